The molecule has 0 bridgehead atoms. The SMILES string of the molecule is Cl.Nc1ccccc1CCC(=O)NC(c1ccccc1)C1CCCO1. The highest BCUT2D eigenvalue weighted by atomic mass is 35.5. The number of rotatable bonds is 6. The molecule has 1 aliphatic heterocycles. The van der Waals surface area contributed by atoms with E-state index in [0.717, 1.165) is 36.3 Å². The number of nitrogen functional groups attached to an aromatic ring is 1. The van der Waals surface area contributed by atoms with Gasteiger partial charge in [0.15, 0.2) is 0 Å². The maximum absolute atomic E-state index is 12.5. The van der Waals surface area contributed by atoms with Crippen LogP contribution in [0.3, 0.4) is 0 Å². The van der Waals surface area contributed by atoms with Crippen LogP contribution in [0.15, 0.2) is 54.6 Å². The molecule has 2 atom stereocenters. The molecule has 1 fully saturated rings. The molecule has 5 heteroatoms. The Labute approximate surface area is 155 Å². The highest BCUT2D eigenvalue weighted by Gasteiger charge is 2.28. The minimum Gasteiger partial charge on any atom is -0.399 e. The minimum absolute atomic E-state index is 0. The number of carbonyl (C=O) groups is 1. The number of benzene rings is 2. The van der Waals surface area contributed by atoms with Gasteiger partial charge in [-0.3, -0.25) is 4.79 Å². The maximum atomic E-state index is 12.5. The molecule has 0 aromatic heterocycles. The molecule has 2 aromatic rings. The Balaban J connectivity index is 0.00000225. The molecule has 3 rings (SSSR count). The van der Waals surface area contributed by atoms with Gasteiger partial charge in [0.25, 0.3) is 0 Å². The summed E-state index contributed by atoms with van der Waals surface area (Å²) in [5.41, 5.74) is 8.80. The lowest BCUT2D eigenvalue weighted by Crippen LogP contribution is -2.36. The summed E-state index contributed by atoms with van der Waals surface area (Å²) in [7, 11) is 0. The summed E-state index contributed by atoms with van der Waals surface area (Å²) in [6.07, 6.45) is 3.14. The van der Waals surface area contributed by atoms with Crippen LogP contribution in [0.2, 0.25) is 0 Å². The van der Waals surface area contributed by atoms with E-state index in [0.29, 0.717) is 12.8 Å². The van der Waals surface area contributed by atoms with Crippen molar-refractivity contribution in [3.8, 4) is 0 Å². The first-order valence-corrected chi connectivity index (χ1v) is 8.53. The van der Waals surface area contributed by atoms with Crippen molar-refractivity contribution in [1.82, 2.24) is 5.32 Å². The molecular formula is C20H25ClN2O2. The first-order valence-electron chi connectivity index (χ1n) is 8.53. The lowest BCUT2D eigenvalue weighted by Gasteiger charge is -2.25. The molecule has 4 nitrogen and oxygen atoms in total. The van der Waals surface area contributed by atoms with E-state index in [-0.39, 0.29) is 30.5 Å². The number of halogens is 1. The van der Waals surface area contributed by atoms with Crippen molar-refractivity contribution in [2.24, 2.45) is 0 Å². The number of amides is 1. The summed E-state index contributed by atoms with van der Waals surface area (Å²) in [5, 5.41) is 3.16. The second-order valence-corrected chi connectivity index (χ2v) is 6.21. The van der Waals surface area contributed by atoms with Gasteiger partial charge >= 0.3 is 0 Å². The van der Waals surface area contributed by atoms with E-state index in [2.05, 4.69) is 5.32 Å². The fraction of sp³-hybridized carbons (Fsp3) is 0.350. The number of hydrogen-bond donors (Lipinski definition) is 2. The number of nitrogens with two attached hydrogens (primary N) is 1. The van der Waals surface area contributed by atoms with Gasteiger partial charge in [0.2, 0.25) is 5.91 Å². The molecular weight excluding hydrogens is 336 g/mol. The predicted molar refractivity (Wildman–Crippen MR) is 103 cm³/mol. The topological polar surface area (TPSA) is 64.4 Å². The molecule has 0 aliphatic carbocycles. The zero-order valence-corrected chi connectivity index (χ0v) is 15.0. The molecule has 1 saturated heterocycles. The maximum Gasteiger partial charge on any atom is 0.220 e. The van der Waals surface area contributed by atoms with Crippen LogP contribution in [-0.2, 0) is 16.0 Å². The van der Waals surface area contributed by atoms with E-state index in [4.69, 9.17) is 10.5 Å². The van der Waals surface area contributed by atoms with Gasteiger partial charge in [-0.1, -0.05) is 48.5 Å². The summed E-state index contributed by atoms with van der Waals surface area (Å²) in [4.78, 5) is 12.5. The Bertz CT molecular complexity index is 672. The Kier molecular flexibility index (Phi) is 7.29. The zero-order chi connectivity index (χ0) is 16.8. The largest absolute Gasteiger partial charge is 0.399 e. The van der Waals surface area contributed by atoms with Crippen molar-refractivity contribution in [1.29, 1.82) is 0 Å². The van der Waals surface area contributed by atoms with E-state index < -0.39 is 0 Å². The molecule has 1 aliphatic rings. The van der Waals surface area contributed by atoms with Gasteiger partial charge in [-0.15, -0.1) is 12.4 Å². The number of ether oxygens (including phenoxy) is 1. The van der Waals surface area contributed by atoms with Gasteiger partial charge in [-0.05, 0) is 36.5 Å². The second kappa shape index (κ2) is 9.44. The Morgan fingerprint density at radius 3 is 2.56 bits per heavy atom. The summed E-state index contributed by atoms with van der Waals surface area (Å²) in [5.74, 6) is 0.0302. The Hall–Kier alpha value is -2.04. The molecule has 2 unspecified atom stereocenters. The molecule has 25 heavy (non-hydrogen) atoms. The average Bonchev–Trinajstić information content (AvgIpc) is 3.14. The summed E-state index contributed by atoms with van der Waals surface area (Å²) < 4.78 is 5.82. The van der Waals surface area contributed by atoms with Gasteiger partial charge in [-0.2, -0.15) is 0 Å². The van der Waals surface area contributed by atoms with Gasteiger partial charge in [0, 0.05) is 18.7 Å². The van der Waals surface area contributed by atoms with Crippen LogP contribution in [-0.4, -0.2) is 18.6 Å². The normalized spacial score (nSPS) is 17.5. The van der Waals surface area contributed by atoms with Crippen LogP contribution >= 0.6 is 12.4 Å². The summed E-state index contributed by atoms with van der Waals surface area (Å²) in [6.45, 7) is 0.768. The fourth-order valence-electron chi connectivity index (χ4n) is 3.17. The highest BCUT2D eigenvalue weighted by molar-refractivity contribution is 5.85. The van der Waals surface area contributed by atoms with E-state index in [1.807, 2.05) is 54.6 Å². The van der Waals surface area contributed by atoms with Crippen LogP contribution in [0.25, 0.3) is 0 Å². The number of para-hydroxylation sites is 1. The van der Waals surface area contributed by atoms with Crippen LogP contribution < -0.4 is 11.1 Å². The molecule has 0 radical (unpaired) electrons. The lowest BCUT2D eigenvalue weighted by molar-refractivity contribution is -0.122. The standard InChI is InChI=1S/C20H24N2O2.ClH/c21-17-10-5-4-7-15(17)12-13-19(23)22-20(18-11-6-14-24-18)16-8-2-1-3-9-16;/h1-5,7-10,18,20H,6,11-14,21H2,(H,22,23);1H. The second-order valence-electron chi connectivity index (χ2n) is 6.21. The van der Waals surface area contributed by atoms with Crippen LogP contribution in [0, 0.1) is 0 Å². The number of nitrogens with one attached hydrogen (secondary N) is 1. The van der Waals surface area contributed by atoms with E-state index in [9.17, 15) is 4.79 Å². The van der Waals surface area contributed by atoms with Gasteiger partial charge < -0.3 is 15.8 Å². The predicted octanol–water partition coefficient (Wildman–Crippen LogP) is 3.66. The van der Waals surface area contributed by atoms with Crippen LogP contribution in [0.4, 0.5) is 5.69 Å². The van der Waals surface area contributed by atoms with Crippen molar-refractivity contribution < 1.29 is 9.53 Å². The van der Waals surface area contributed by atoms with Crippen molar-refractivity contribution in [2.45, 2.75) is 37.8 Å². The van der Waals surface area contributed by atoms with Crippen molar-refractivity contribution in [2.75, 3.05) is 12.3 Å². The molecule has 1 amide bonds. The highest BCUT2D eigenvalue weighted by Crippen LogP contribution is 2.27. The fourth-order valence-corrected chi connectivity index (χ4v) is 3.17. The van der Waals surface area contributed by atoms with Crippen molar-refractivity contribution in [3.63, 3.8) is 0 Å². The Morgan fingerprint density at radius 2 is 1.88 bits per heavy atom. The molecule has 1 heterocycles. The molecule has 3 N–H and O–H groups in total. The van der Waals surface area contributed by atoms with Gasteiger partial charge in [0.1, 0.15) is 0 Å². The third kappa shape index (κ3) is 5.21. The third-order valence-corrected chi connectivity index (χ3v) is 4.49. The van der Waals surface area contributed by atoms with Crippen LogP contribution in [0.5, 0.6) is 0 Å². The number of carbonyl (C=O) groups excluding carboxylic acids is 1. The van der Waals surface area contributed by atoms with Crippen molar-refractivity contribution >= 4 is 24.0 Å². The monoisotopic (exact) mass is 360 g/mol. The number of anilines is 1. The van der Waals surface area contributed by atoms with Gasteiger partial charge in [-0.25, -0.2) is 0 Å². The molecule has 0 saturated carbocycles. The zero-order valence-electron chi connectivity index (χ0n) is 14.2. The lowest BCUT2D eigenvalue weighted by atomic mass is 9.98. The Morgan fingerprint density at radius 1 is 1.16 bits per heavy atom. The first-order chi connectivity index (χ1) is 11.7. The number of hydrogen-bond acceptors (Lipinski definition) is 3. The van der Waals surface area contributed by atoms with Crippen molar-refractivity contribution in [3.05, 3.63) is 65.7 Å². The third-order valence-electron chi connectivity index (χ3n) is 4.49. The quantitative estimate of drug-likeness (QED) is 0.773. The summed E-state index contributed by atoms with van der Waals surface area (Å²) in [6, 6.07) is 17.7. The molecule has 2 aromatic carbocycles. The first kappa shape index (κ1) is 19.3. The average molecular weight is 361 g/mol. The van der Waals surface area contributed by atoms with E-state index in [1.165, 1.54) is 0 Å². The summed E-state index contributed by atoms with van der Waals surface area (Å²) >= 11 is 0. The molecule has 134 valence electrons. The van der Waals surface area contributed by atoms with Crippen LogP contribution in [0.1, 0.15) is 36.4 Å². The molecule has 0 spiro atoms. The van der Waals surface area contributed by atoms with E-state index in [1.54, 1.807) is 0 Å². The smallest absolute Gasteiger partial charge is 0.220 e. The number of aryl methyl sites for hydroxylation is 1. The van der Waals surface area contributed by atoms with Gasteiger partial charge in [0.05, 0.1) is 12.1 Å². The van der Waals surface area contributed by atoms with E-state index >= 15 is 0 Å². The minimum atomic E-state index is -0.0886.